The van der Waals surface area contributed by atoms with Crippen molar-refractivity contribution < 1.29 is 9.53 Å². The highest BCUT2D eigenvalue weighted by Gasteiger charge is 2.24. The molecule has 0 saturated carbocycles. The van der Waals surface area contributed by atoms with Gasteiger partial charge in [0, 0.05) is 37.8 Å². The Labute approximate surface area is 123 Å². The molecule has 1 aromatic rings. The first-order valence-electron chi connectivity index (χ1n) is 6.88. The van der Waals surface area contributed by atoms with Gasteiger partial charge in [-0.1, -0.05) is 6.08 Å². The van der Waals surface area contributed by atoms with E-state index in [1.54, 1.807) is 24.3 Å². The highest BCUT2D eigenvalue weighted by atomic mass is 32.1. The van der Waals surface area contributed by atoms with Crippen LogP contribution in [0.2, 0.25) is 0 Å². The summed E-state index contributed by atoms with van der Waals surface area (Å²) in [7, 11) is 0. The maximum absolute atomic E-state index is 12.3. The van der Waals surface area contributed by atoms with Crippen LogP contribution in [-0.4, -0.2) is 54.7 Å². The van der Waals surface area contributed by atoms with Gasteiger partial charge in [0.1, 0.15) is 6.10 Å². The summed E-state index contributed by atoms with van der Waals surface area (Å²) in [5.41, 5.74) is 0. The fourth-order valence-electron chi connectivity index (χ4n) is 2.24. The summed E-state index contributed by atoms with van der Waals surface area (Å²) in [5, 5.41) is 3.02. The molecule has 2 rings (SSSR count). The van der Waals surface area contributed by atoms with E-state index in [0.717, 1.165) is 37.7 Å². The number of hydrogen-bond acceptors (Lipinski definition) is 5. The lowest BCUT2D eigenvalue weighted by Gasteiger charge is -2.24. The lowest BCUT2D eigenvalue weighted by atomic mass is 10.3. The van der Waals surface area contributed by atoms with E-state index in [9.17, 15) is 4.79 Å². The molecule has 1 aliphatic heterocycles. The second-order valence-electron chi connectivity index (χ2n) is 4.74. The molecule has 0 unspecified atom stereocenters. The molecule has 0 spiro atoms. The van der Waals surface area contributed by atoms with E-state index in [-0.39, 0.29) is 5.91 Å². The number of hydrogen-bond donors (Lipinski definition) is 0. The average molecular weight is 295 g/mol. The van der Waals surface area contributed by atoms with Gasteiger partial charge < -0.3 is 14.5 Å². The Bertz CT molecular complexity index is 436. The molecular formula is C14H21N3O2S. The van der Waals surface area contributed by atoms with Crippen molar-refractivity contribution in [3.63, 3.8) is 0 Å². The van der Waals surface area contributed by atoms with E-state index in [0.29, 0.717) is 6.61 Å². The van der Waals surface area contributed by atoms with Crippen LogP contribution in [0.1, 0.15) is 13.3 Å². The zero-order valence-electron chi connectivity index (χ0n) is 11.8. The van der Waals surface area contributed by atoms with Crippen LogP contribution < -0.4 is 4.90 Å². The van der Waals surface area contributed by atoms with Crippen LogP contribution in [0, 0.1) is 0 Å². The van der Waals surface area contributed by atoms with Crippen molar-refractivity contribution in [1.29, 1.82) is 0 Å². The second kappa shape index (κ2) is 7.40. The third-order valence-electron chi connectivity index (χ3n) is 3.31. The third kappa shape index (κ3) is 3.80. The Morgan fingerprint density at radius 1 is 1.55 bits per heavy atom. The minimum Gasteiger partial charge on any atom is -0.365 e. The monoisotopic (exact) mass is 295 g/mol. The van der Waals surface area contributed by atoms with Gasteiger partial charge in [-0.2, -0.15) is 0 Å². The van der Waals surface area contributed by atoms with Crippen molar-refractivity contribution in [2.45, 2.75) is 19.4 Å². The number of nitrogens with zero attached hydrogens (tertiary/aromatic N) is 3. The van der Waals surface area contributed by atoms with E-state index < -0.39 is 6.10 Å². The van der Waals surface area contributed by atoms with Crippen molar-refractivity contribution in [2.75, 3.05) is 37.7 Å². The molecule has 0 aliphatic carbocycles. The Balaban J connectivity index is 1.89. The first-order valence-corrected chi connectivity index (χ1v) is 7.76. The molecule has 1 fully saturated rings. The van der Waals surface area contributed by atoms with Crippen molar-refractivity contribution in [2.24, 2.45) is 0 Å². The Hall–Kier alpha value is -1.40. The maximum atomic E-state index is 12.3. The number of ether oxygens (including phenoxy) is 1. The van der Waals surface area contributed by atoms with Crippen LogP contribution in [0.3, 0.4) is 0 Å². The highest BCUT2D eigenvalue weighted by Crippen LogP contribution is 2.19. The molecule has 2 heterocycles. The molecule has 1 amide bonds. The summed E-state index contributed by atoms with van der Waals surface area (Å²) in [4.78, 5) is 20.8. The summed E-state index contributed by atoms with van der Waals surface area (Å²) in [5.74, 6) is 0.0628. The molecule has 1 atom stereocenters. The highest BCUT2D eigenvalue weighted by molar-refractivity contribution is 7.13. The number of aromatic nitrogens is 1. The number of carbonyl (C=O) groups is 1. The van der Waals surface area contributed by atoms with Crippen molar-refractivity contribution in [3.8, 4) is 0 Å². The summed E-state index contributed by atoms with van der Waals surface area (Å²) < 4.78 is 5.41. The van der Waals surface area contributed by atoms with Gasteiger partial charge in [-0.3, -0.25) is 4.79 Å². The van der Waals surface area contributed by atoms with E-state index in [2.05, 4.69) is 16.5 Å². The first-order chi connectivity index (χ1) is 9.72. The van der Waals surface area contributed by atoms with E-state index in [1.807, 2.05) is 16.5 Å². The van der Waals surface area contributed by atoms with Crippen LogP contribution in [0.25, 0.3) is 0 Å². The maximum Gasteiger partial charge on any atom is 0.251 e. The summed E-state index contributed by atoms with van der Waals surface area (Å²) in [6.07, 6.45) is 4.04. The molecule has 6 heteroatoms. The number of carbonyl (C=O) groups excluding carboxylic acids is 1. The van der Waals surface area contributed by atoms with Crippen LogP contribution in [0.4, 0.5) is 5.13 Å². The minimum atomic E-state index is -0.403. The van der Waals surface area contributed by atoms with Gasteiger partial charge in [0.15, 0.2) is 5.13 Å². The van der Waals surface area contributed by atoms with E-state index in [4.69, 9.17) is 4.74 Å². The standard InChI is InChI=1S/C14H21N3O2S/c1-3-10-19-12(2)13(18)16-6-4-7-17(9-8-16)14-15-5-11-20-14/h3,5,11-12H,1,4,6-10H2,2H3/t12-/m1/s1. The third-order valence-corrected chi connectivity index (χ3v) is 4.14. The average Bonchev–Trinajstić information content (AvgIpc) is 2.88. The van der Waals surface area contributed by atoms with Crippen LogP contribution in [-0.2, 0) is 9.53 Å². The van der Waals surface area contributed by atoms with Gasteiger partial charge in [0.05, 0.1) is 6.61 Å². The van der Waals surface area contributed by atoms with Gasteiger partial charge in [0.25, 0.3) is 5.91 Å². The van der Waals surface area contributed by atoms with Crippen LogP contribution in [0.15, 0.2) is 24.2 Å². The molecule has 1 saturated heterocycles. The fourth-order valence-corrected chi connectivity index (χ4v) is 2.94. The van der Waals surface area contributed by atoms with Crippen LogP contribution in [0.5, 0.6) is 0 Å². The normalized spacial score (nSPS) is 17.6. The lowest BCUT2D eigenvalue weighted by molar-refractivity contribution is -0.141. The Morgan fingerprint density at radius 3 is 3.10 bits per heavy atom. The predicted molar refractivity (Wildman–Crippen MR) is 81.1 cm³/mol. The second-order valence-corrected chi connectivity index (χ2v) is 5.62. The zero-order chi connectivity index (χ0) is 14.4. The largest absolute Gasteiger partial charge is 0.365 e. The van der Waals surface area contributed by atoms with Crippen molar-refractivity contribution in [3.05, 3.63) is 24.2 Å². The molecule has 1 aromatic heterocycles. The van der Waals surface area contributed by atoms with Gasteiger partial charge in [-0.05, 0) is 13.3 Å². The molecule has 0 N–H and O–H groups in total. The van der Waals surface area contributed by atoms with Gasteiger partial charge >= 0.3 is 0 Å². The van der Waals surface area contributed by atoms with E-state index in [1.165, 1.54) is 0 Å². The number of rotatable bonds is 5. The minimum absolute atomic E-state index is 0.0628. The number of anilines is 1. The quantitative estimate of drug-likeness (QED) is 0.777. The number of amides is 1. The smallest absolute Gasteiger partial charge is 0.251 e. The predicted octanol–water partition coefficient (Wildman–Crippen LogP) is 1.77. The Kier molecular flexibility index (Phi) is 5.55. The van der Waals surface area contributed by atoms with Crippen LogP contribution >= 0.6 is 11.3 Å². The molecule has 20 heavy (non-hydrogen) atoms. The van der Waals surface area contributed by atoms with Gasteiger partial charge in [0.2, 0.25) is 0 Å². The van der Waals surface area contributed by atoms with Crippen molar-refractivity contribution >= 4 is 22.4 Å². The Morgan fingerprint density at radius 2 is 2.40 bits per heavy atom. The van der Waals surface area contributed by atoms with Gasteiger partial charge in [-0.15, -0.1) is 17.9 Å². The molecule has 1 aliphatic rings. The summed E-state index contributed by atoms with van der Waals surface area (Å²) in [6.45, 7) is 9.08. The lowest BCUT2D eigenvalue weighted by Crippen LogP contribution is -2.41. The topological polar surface area (TPSA) is 45.7 Å². The first kappa shape index (κ1) is 15.0. The molecule has 110 valence electrons. The molecule has 0 bridgehead atoms. The molecule has 0 aromatic carbocycles. The fraction of sp³-hybridized carbons (Fsp3) is 0.571. The summed E-state index contributed by atoms with van der Waals surface area (Å²) >= 11 is 1.64. The SMILES string of the molecule is C=CCO[C@H](C)C(=O)N1CCCN(c2nccs2)CC1. The molecule has 5 nitrogen and oxygen atoms in total. The number of thiazole rings is 1. The van der Waals surface area contributed by atoms with Crippen molar-refractivity contribution in [1.82, 2.24) is 9.88 Å². The zero-order valence-corrected chi connectivity index (χ0v) is 12.6. The molecular weight excluding hydrogens is 274 g/mol. The van der Waals surface area contributed by atoms with E-state index >= 15 is 0 Å². The molecule has 0 radical (unpaired) electrons. The summed E-state index contributed by atoms with van der Waals surface area (Å²) in [6, 6.07) is 0. The van der Waals surface area contributed by atoms with Gasteiger partial charge in [-0.25, -0.2) is 4.98 Å².